The summed E-state index contributed by atoms with van der Waals surface area (Å²) in [6.07, 6.45) is 1.53. The summed E-state index contributed by atoms with van der Waals surface area (Å²) in [7, 11) is 1.57. The lowest BCUT2D eigenvalue weighted by Crippen LogP contribution is -2.28. The van der Waals surface area contributed by atoms with Gasteiger partial charge in [0.25, 0.3) is 5.56 Å². The monoisotopic (exact) mass is 401 g/mol. The van der Waals surface area contributed by atoms with Crippen LogP contribution in [0.4, 0.5) is 23.2 Å². The van der Waals surface area contributed by atoms with E-state index >= 15 is 0 Å². The Bertz CT molecular complexity index is 984. The first-order valence-electron chi connectivity index (χ1n) is 8.21. The molecule has 0 atom stereocenters. The number of anilines is 1. The van der Waals surface area contributed by atoms with E-state index in [9.17, 15) is 22.4 Å². The van der Waals surface area contributed by atoms with E-state index in [0.717, 1.165) is 21.5 Å². The van der Waals surface area contributed by atoms with Gasteiger partial charge in [-0.2, -0.15) is 13.2 Å². The van der Waals surface area contributed by atoms with Gasteiger partial charge in [0.2, 0.25) is 0 Å². The molecule has 1 aromatic carbocycles. The van der Waals surface area contributed by atoms with Crippen molar-refractivity contribution in [3.8, 4) is 23.5 Å². The Kier molecular flexibility index (Phi) is 5.00. The number of benzene rings is 1. The number of terminal acetylenes is 1. The lowest BCUT2D eigenvalue weighted by Gasteiger charge is -2.21. The van der Waals surface area contributed by atoms with Crippen LogP contribution >= 0.6 is 11.6 Å². The minimum Gasteiger partial charge on any atom is -0.362 e. The SMILES string of the molecule is C#CCN(C)c1cc(-c2c(C(F)(F)F)n3n(c2=O)CCCC3)c(F)cc1Cl. The van der Waals surface area contributed by atoms with Crippen molar-refractivity contribution in [3.05, 3.63) is 39.0 Å². The molecule has 4 nitrogen and oxygen atoms in total. The highest BCUT2D eigenvalue weighted by Gasteiger charge is 2.42. The average molecular weight is 402 g/mol. The molecule has 0 bridgehead atoms. The van der Waals surface area contributed by atoms with Gasteiger partial charge in [0.15, 0.2) is 5.69 Å². The van der Waals surface area contributed by atoms with E-state index in [2.05, 4.69) is 5.92 Å². The number of alkyl halides is 3. The van der Waals surface area contributed by atoms with E-state index in [1.807, 2.05) is 0 Å². The van der Waals surface area contributed by atoms with Crippen molar-refractivity contribution in [1.29, 1.82) is 0 Å². The van der Waals surface area contributed by atoms with Gasteiger partial charge < -0.3 is 4.90 Å². The zero-order chi connectivity index (χ0) is 19.9. The summed E-state index contributed by atoms with van der Waals surface area (Å²) in [5, 5.41) is -0.00775. The van der Waals surface area contributed by atoms with Gasteiger partial charge in [-0.05, 0) is 25.0 Å². The van der Waals surface area contributed by atoms with Gasteiger partial charge in [-0.1, -0.05) is 17.5 Å². The first-order valence-corrected chi connectivity index (χ1v) is 8.59. The fourth-order valence-electron chi connectivity index (χ4n) is 3.34. The summed E-state index contributed by atoms with van der Waals surface area (Å²) in [6, 6.07) is 2.05. The zero-order valence-electron chi connectivity index (χ0n) is 14.4. The molecule has 2 aromatic rings. The van der Waals surface area contributed by atoms with E-state index in [-0.39, 0.29) is 30.3 Å². The molecule has 1 aromatic heterocycles. The van der Waals surface area contributed by atoms with Crippen LogP contribution in [0.5, 0.6) is 0 Å². The molecule has 0 N–H and O–H groups in total. The van der Waals surface area contributed by atoms with Crippen LogP contribution in [0.3, 0.4) is 0 Å². The predicted molar refractivity (Wildman–Crippen MR) is 95.4 cm³/mol. The zero-order valence-corrected chi connectivity index (χ0v) is 15.2. The molecule has 27 heavy (non-hydrogen) atoms. The van der Waals surface area contributed by atoms with Crippen LogP contribution in [0.2, 0.25) is 5.02 Å². The maximum atomic E-state index is 14.6. The van der Waals surface area contributed by atoms with Crippen molar-refractivity contribution in [2.24, 2.45) is 0 Å². The lowest BCUT2D eigenvalue weighted by atomic mass is 10.0. The fourth-order valence-corrected chi connectivity index (χ4v) is 3.64. The van der Waals surface area contributed by atoms with Crippen LogP contribution in [0.1, 0.15) is 18.5 Å². The van der Waals surface area contributed by atoms with E-state index < -0.39 is 34.4 Å². The van der Waals surface area contributed by atoms with Crippen molar-refractivity contribution in [2.75, 3.05) is 18.5 Å². The quantitative estimate of drug-likeness (QED) is 0.575. The molecule has 0 fully saturated rings. The number of nitrogens with zero attached hydrogens (tertiary/aromatic N) is 3. The minimum atomic E-state index is -4.81. The van der Waals surface area contributed by atoms with Crippen LogP contribution in [-0.4, -0.2) is 23.0 Å². The molecule has 1 aliphatic rings. The van der Waals surface area contributed by atoms with Crippen molar-refractivity contribution < 1.29 is 17.6 Å². The normalized spacial score (nSPS) is 14.0. The third kappa shape index (κ3) is 3.32. The van der Waals surface area contributed by atoms with Crippen LogP contribution in [0.15, 0.2) is 16.9 Å². The second-order valence-electron chi connectivity index (χ2n) is 6.32. The molecular weight excluding hydrogens is 386 g/mol. The molecule has 0 unspecified atom stereocenters. The van der Waals surface area contributed by atoms with Gasteiger partial charge in [-0.3, -0.25) is 9.48 Å². The van der Waals surface area contributed by atoms with Gasteiger partial charge in [0.05, 0.1) is 22.8 Å². The molecule has 3 rings (SSSR count). The van der Waals surface area contributed by atoms with Crippen LogP contribution < -0.4 is 10.5 Å². The summed E-state index contributed by atoms with van der Waals surface area (Å²) in [6.45, 7) is 0.312. The van der Waals surface area contributed by atoms with Crippen molar-refractivity contribution in [1.82, 2.24) is 9.36 Å². The molecule has 144 valence electrons. The van der Waals surface area contributed by atoms with E-state index in [4.69, 9.17) is 18.0 Å². The molecule has 9 heteroatoms. The Labute approximate surface area is 157 Å². The summed E-state index contributed by atoms with van der Waals surface area (Å²) >= 11 is 6.03. The minimum absolute atomic E-state index is 0.00775. The maximum Gasteiger partial charge on any atom is 0.433 e. The third-order valence-electron chi connectivity index (χ3n) is 4.54. The van der Waals surface area contributed by atoms with E-state index in [0.29, 0.717) is 12.8 Å². The van der Waals surface area contributed by atoms with Gasteiger partial charge in [0.1, 0.15) is 5.82 Å². The van der Waals surface area contributed by atoms with Crippen molar-refractivity contribution in [3.63, 3.8) is 0 Å². The van der Waals surface area contributed by atoms with Crippen LogP contribution in [0.25, 0.3) is 11.1 Å². The Hall–Kier alpha value is -2.40. The number of fused-ring (bicyclic) bond motifs is 1. The highest BCUT2D eigenvalue weighted by Crippen LogP contribution is 2.40. The third-order valence-corrected chi connectivity index (χ3v) is 4.84. The molecule has 0 spiro atoms. The molecule has 1 aliphatic heterocycles. The maximum absolute atomic E-state index is 14.6. The van der Waals surface area contributed by atoms with Crippen LogP contribution in [0, 0.1) is 18.2 Å². The average Bonchev–Trinajstić information content (AvgIpc) is 2.88. The summed E-state index contributed by atoms with van der Waals surface area (Å²) in [5.41, 5.74) is -2.90. The van der Waals surface area contributed by atoms with Crippen LogP contribution in [-0.2, 0) is 19.3 Å². The highest BCUT2D eigenvalue weighted by atomic mass is 35.5. The predicted octanol–water partition coefficient (Wildman–Crippen LogP) is 3.99. The first kappa shape index (κ1) is 19.4. The molecule has 0 aliphatic carbocycles. The van der Waals surface area contributed by atoms with Gasteiger partial charge in [-0.25, -0.2) is 9.07 Å². The van der Waals surface area contributed by atoms with Gasteiger partial charge >= 0.3 is 6.18 Å². The number of rotatable bonds is 3. The molecule has 0 saturated heterocycles. The number of hydrogen-bond acceptors (Lipinski definition) is 2. The molecule has 2 heterocycles. The summed E-state index contributed by atoms with van der Waals surface area (Å²) in [5.74, 6) is 1.38. The number of hydrogen-bond donors (Lipinski definition) is 0. The standard InChI is InChI=1S/C18H16ClF4N3O/c1-3-6-24(2)14-9-11(13(20)10-12(14)19)15-16(18(21,22)23)25-7-4-5-8-26(25)17(15)27/h1,9-10H,4-8H2,2H3. The Morgan fingerprint density at radius 1 is 1.26 bits per heavy atom. The topological polar surface area (TPSA) is 30.2 Å². The van der Waals surface area contributed by atoms with Gasteiger partial charge in [-0.15, -0.1) is 6.42 Å². The summed E-state index contributed by atoms with van der Waals surface area (Å²) < 4.78 is 57.8. The number of aromatic nitrogens is 2. The Morgan fingerprint density at radius 2 is 1.89 bits per heavy atom. The van der Waals surface area contributed by atoms with Gasteiger partial charge in [0, 0.05) is 25.7 Å². The second-order valence-corrected chi connectivity index (χ2v) is 6.73. The van der Waals surface area contributed by atoms with Crippen molar-refractivity contribution in [2.45, 2.75) is 32.1 Å². The summed E-state index contributed by atoms with van der Waals surface area (Å²) in [4.78, 5) is 14.2. The Morgan fingerprint density at radius 3 is 2.48 bits per heavy atom. The molecule has 0 saturated carbocycles. The molecule has 0 amide bonds. The Balaban J connectivity index is 2.32. The fraction of sp³-hybridized carbons (Fsp3) is 0.389. The highest BCUT2D eigenvalue weighted by molar-refractivity contribution is 6.33. The lowest BCUT2D eigenvalue weighted by molar-refractivity contribution is -0.144. The van der Waals surface area contributed by atoms with Crippen molar-refractivity contribution >= 4 is 17.3 Å². The first-order chi connectivity index (χ1) is 12.7. The molecule has 0 radical (unpaired) electrons. The molecular formula is C18H16ClF4N3O. The van der Waals surface area contributed by atoms with E-state index in [1.165, 1.54) is 4.90 Å². The smallest absolute Gasteiger partial charge is 0.362 e. The second kappa shape index (κ2) is 6.97. The largest absolute Gasteiger partial charge is 0.433 e. The number of halogens is 5. The van der Waals surface area contributed by atoms with E-state index in [1.54, 1.807) is 7.05 Å².